The van der Waals surface area contributed by atoms with Gasteiger partial charge in [0.25, 0.3) is 5.91 Å². The smallest absolute Gasteiger partial charge is 0.349 e. The molecule has 1 amide bonds. The summed E-state index contributed by atoms with van der Waals surface area (Å²) in [4.78, 5) is 34.7. The number of hydrogen-bond acceptors (Lipinski definition) is 6. The number of ether oxygens (including phenoxy) is 1. The van der Waals surface area contributed by atoms with E-state index >= 15 is 0 Å². The summed E-state index contributed by atoms with van der Waals surface area (Å²) in [6, 6.07) is 8.27. The number of carboxylic acid groups (broad SMARTS) is 2. The zero-order valence-corrected chi connectivity index (χ0v) is 16.4. The number of hydrogen-bond donors (Lipinski definition) is 3. The first-order valence-electron chi connectivity index (χ1n) is 7.71. The summed E-state index contributed by atoms with van der Waals surface area (Å²) in [6.07, 6.45) is 2.73. The first-order chi connectivity index (χ1) is 13.4. The maximum Gasteiger partial charge on any atom is 0.349 e. The van der Waals surface area contributed by atoms with Crippen molar-refractivity contribution in [3.8, 4) is 16.2 Å². The minimum absolute atomic E-state index is 0.0350. The Kier molecular flexibility index (Phi) is 5.81. The van der Waals surface area contributed by atoms with Gasteiger partial charge in [-0.05, 0) is 39.7 Å². The molecule has 0 radical (unpaired) electrons. The molecule has 3 rings (SSSR count). The Labute approximate surface area is 170 Å². The normalized spacial score (nSPS) is 10.5. The number of carbonyl (C=O) groups is 3. The lowest BCUT2D eigenvalue weighted by Crippen LogP contribution is -2.11. The molecular formula is C18H12BrNO7S. The van der Waals surface area contributed by atoms with Crippen LogP contribution < -0.4 is 10.1 Å². The van der Waals surface area contributed by atoms with Gasteiger partial charge in [-0.15, -0.1) is 11.3 Å². The molecule has 144 valence electrons. The number of amides is 1. The summed E-state index contributed by atoms with van der Waals surface area (Å²) >= 11 is 4.24. The van der Waals surface area contributed by atoms with Crippen molar-refractivity contribution < 1.29 is 33.8 Å². The number of halogens is 1. The second kappa shape index (κ2) is 8.28. The van der Waals surface area contributed by atoms with Crippen LogP contribution in [0.4, 0.5) is 5.69 Å². The maximum atomic E-state index is 12.0. The van der Waals surface area contributed by atoms with Crippen molar-refractivity contribution in [3.05, 3.63) is 57.8 Å². The fourth-order valence-corrected chi connectivity index (χ4v) is 4.18. The second-order valence-electron chi connectivity index (χ2n) is 5.43. The second-order valence-corrected chi connectivity index (χ2v) is 7.25. The molecule has 10 heteroatoms. The fourth-order valence-electron chi connectivity index (χ4n) is 2.29. The molecule has 0 unspecified atom stereocenters. The van der Waals surface area contributed by atoms with Crippen LogP contribution in [0.15, 0.2) is 51.7 Å². The third-order valence-electron chi connectivity index (χ3n) is 3.53. The number of aromatic carboxylic acids is 1. The molecule has 0 spiro atoms. The lowest BCUT2D eigenvalue weighted by atomic mass is 10.1. The van der Waals surface area contributed by atoms with Crippen molar-refractivity contribution in [1.29, 1.82) is 0 Å². The Hall–Kier alpha value is -3.11. The highest BCUT2D eigenvalue weighted by Gasteiger charge is 2.24. The Bertz CT molecular complexity index is 1030. The van der Waals surface area contributed by atoms with E-state index in [2.05, 4.69) is 21.2 Å². The van der Waals surface area contributed by atoms with Crippen molar-refractivity contribution in [2.24, 2.45) is 0 Å². The quantitative estimate of drug-likeness (QED) is 0.477. The van der Waals surface area contributed by atoms with E-state index in [0.29, 0.717) is 26.2 Å². The van der Waals surface area contributed by atoms with E-state index in [0.717, 1.165) is 11.3 Å². The molecule has 28 heavy (non-hydrogen) atoms. The monoisotopic (exact) mass is 465 g/mol. The fraction of sp³-hybridized carbons (Fsp3) is 0.0556. The zero-order chi connectivity index (χ0) is 20.3. The molecule has 8 nitrogen and oxygen atoms in total. The number of thiophene rings is 1. The van der Waals surface area contributed by atoms with E-state index in [9.17, 15) is 19.5 Å². The van der Waals surface area contributed by atoms with Crippen LogP contribution >= 0.6 is 27.3 Å². The van der Waals surface area contributed by atoms with E-state index in [1.807, 2.05) is 0 Å². The Morgan fingerprint density at radius 1 is 1.14 bits per heavy atom. The predicted molar refractivity (Wildman–Crippen MR) is 104 cm³/mol. The summed E-state index contributed by atoms with van der Waals surface area (Å²) in [5.41, 5.74) is 1.60. The zero-order valence-electron chi connectivity index (χ0n) is 14.0. The number of aliphatic carboxylic acids is 1. The number of rotatable bonds is 7. The Morgan fingerprint density at radius 3 is 2.43 bits per heavy atom. The van der Waals surface area contributed by atoms with Gasteiger partial charge in [0, 0.05) is 5.69 Å². The van der Waals surface area contributed by atoms with Gasteiger partial charge in [-0.1, -0.05) is 12.1 Å². The van der Waals surface area contributed by atoms with Gasteiger partial charge < -0.3 is 24.7 Å². The summed E-state index contributed by atoms with van der Waals surface area (Å²) < 4.78 is 10.4. The summed E-state index contributed by atoms with van der Waals surface area (Å²) in [5.74, 6) is -2.79. The lowest BCUT2D eigenvalue weighted by Gasteiger charge is -2.06. The van der Waals surface area contributed by atoms with Crippen LogP contribution in [0.2, 0.25) is 0 Å². The predicted octanol–water partition coefficient (Wildman–Crippen LogP) is 4.18. The molecular weight excluding hydrogens is 454 g/mol. The number of benzene rings is 1. The first kappa shape index (κ1) is 19.6. The highest BCUT2D eigenvalue weighted by molar-refractivity contribution is 9.10. The molecule has 0 aliphatic carbocycles. The standard InChI is InChI=1S/C18H12BrNO7S/c19-13-14(27-8-12(21)22)16(18(24)25)28-15(13)9-1-3-11(4-2-9)20-17(23)10-5-6-26-7-10/h1-7H,8H2,(H,20,23)(H,21,22)(H,24,25). The average Bonchev–Trinajstić information content (AvgIpc) is 3.29. The Balaban J connectivity index is 1.85. The SMILES string of the molecule is O=C(O)COc1c(C(=O)O)sc(-c2ccc(NC(=O)c3ccoc3)cc2)c1Br. The van der Waals surface area contributed by atoms with E-state index in [4.69, 9.17) is 14.3 Å². The van der Waals surface area contributed by atoms with Crippen LogP contribution in [0.3, 0.4) is 0 Å². The van der Waals surface area contributed by atoms with Crippen LogP contribution in [-0.4, -0.2) is 34.7 Å². The molecule has 2 aromatic heterocycles. The number of nitrogens with one attached hydrogen (secondary N) is 1. The van der Waals surface area contributed by atoms with Gasteiger partial charge in [0.1, 0.15) is 6.26 Å². The molecule has 3 aromatic rings. The highest BCUT2D eigenvalue weighted by atomic mass is 79.9. The molecule has 3 N–H and O–H groups in total. The molecule has 0 fully saturated rings. The van der Waals surface area contributed by atoms with Crippen molar-refractivity contribution in [1.82, 2.24) is 0 Å². The van der Waals surface area contributed by atoms with Crippen molar-refractivity contribution in [2.45, 2.75) is 0 Å². The van der Waals surface area contributed by atoms with Gasteiger partial charge in [-0.3, -0.25) is 4.79 Å². The van der Waals surface area contributed by atoms with E-state index in [1.165, 1.54) is 12.5 Å². The third-order valence-corrected chi connectivity index (χ3v) is 5.76. The number of carboxylic acids is 2. The van der Waals surface area contributed by atoms with Crippen LogP contribution in [0.5, 0.6) is 5.75 Å². The topological polar surface area (TPSA) is 126 Å². The first-order valence-corrected chi connectivity index (χ1v) is 9.32. The Morgan fingerprint density at radius 2 is 1.86 bits per heavy atom. The minimum Gasteiger partial charge on any atom is -0.479 e. The number of furan rings is 1. The molecule has 0 saturated heterocycles. The highest BCUT2D eigenvalue weighted by Crippen LogP contribution is 2.45. The largest absolute Gasteiger partial charge is 0.479 e. The van der Waals surface area contributed by atoms with Crippen molar-refractivity contribution in [3.63, 3.8) is 0 Å². The van der Waals surface area contributed by atoms with E-state index < -0.39 is 18.5 Å². The molecule has 2 heterocycles. The number of anilines is 1. The van der Waals surface area contributed by atoms with Crippen molar-refractivity contribution >= 4 is 50.8 Å². The third kappa shape index (κ3) is 4.24. The van der Waals surface area contributed by atoms with Crippen LogP contribution in [-0.2, 0) is 4.79 Å². The lowest BCUT2D eigenvalue weighted by molar-refractivity contribution is -0.139. The van der Waals surface area contributed by atoms with E-state index in [1.54, 1.807) is 30.3 Å². The minimum atomic E-state index is -1.22. The van der Waals surface area contributed by atoms with Crippen LogP contribution in [0.25, 0.3) is 10.4 Å². The van der Waals surface area contributed by atoms with Gasteiger partial charge in [-0.25, -0.2) is 9.59 Å². The van der Waals surface area contributed by atoms with Gasteiger partial charge in [0.15, 0.2) is 17.2 Å². The summed E-state index contributed by atoms with van der Waals surface area (Å²) in [7, 11) is 0. The maximum absolute atomic E-state index is 12.0. The molecule has 0 aliphatic heterocycles. The average molecular weight is 466 g/mol. The van der Waals surface area contributed by atoms with Crippen molar-refractivity contribution in [2.75, 3.05) is 11.9 Å². The molecule has 1 aromatic carbocycles. The van der Waals surface area contributed by atoms with Gasteiger partial charge in [0.05, 0.1) is 21.2 Å². The molecule has 0 atom stereocenters. The molecule has 0 aliphatic rings. The van der Waals surface area contributed by atoms with Crippen LogP contribution in [0.1, 0.15) is 20.0 Å². The molecule has 0 saturated carbocycles. The van der Waals surface area contributed by atoms with Gasteiger partial charge >= 0.3 is 11.9 Å². The summed E-state index contributed by atoms with van der Waals surface area (Å²) in [6.45, 7) is -0.659. The number of carbonyl (C=O) groups excluding carboxylic acids is 1. The van der Waals surface area contributed by atoms with Crippen LogP contribution in [0, 0.1) is 0 Å². The van der Waals surface area contributed by atoms with Gasteiger partial charge in [0.2, 0.25) is 0 Å². The van der Waals surface area contributed by atoms with E-state index in [-0.39, 0.29) is 16.5 Å². The summed E-state index contributed by atoms with van der Waals surface area (Å²) in [5, 5.41) is 20.8. The molecule has 0 bridgehead atoms. The van der Waals surface area contributed by atoms with Gasteiger partial charge in [-0.2, -0.15) is 0 Å².